The van der Waals surface area contributed by atoms with Gasteiger partial charge in [0.05, 0.1) is 44.2 Å². The van der Waals surface area contributed by atoms with Crippen LogP contribution in [0.5, 0.6) is 0 Å². The van der Waals surface area contributed by atoms with Gasteiger partial charge in [0, 0.05) is 0 Å². The third-order valence-corrected chi connectivity index (χ3v) is 6.43. The van der Waals surface area contributed by atoms with E-state index in [2.05, 4.69) is 19.7 Å². The van der Waals surface area contributed by atoms with E-state index in [1.807, 2.05) is 0 Å². The highest BCUT2D eigenvalue weighted by Crippen LogP contribution is 2.54. The minimum atomic E-state index is -1.95. The Bertz CT molecular complexity index is 857. The molecule has 1 aliphatic carbocycles. The Morgan fingerprint density at radius 2 is 1.11 bits per heavy atom. The van der Waals surface area contributed by atoms with Crippen molar-refractivity contribution in [2.45, 2.75) is 57.8 Å². The van der Waals surface area contributed by atoms with Crippen molar-refractivity contribution >= 4 is 17.9 Å². The Labute approximate surface area is 212 Å². The van der Waals surface area contributed by atoms with E-state index in [0.29, 0.717) is 63.9 Å². The minimum absolute atomic E-state index is 0.00473. The van der Waals surface area contributed by atoms with Crippen LogP contribution < -0.4 is 0 Å². The van der Waals surface area contributed by atoms with Gasteiger partial charge in [-0.15, -0.1) is 0 Å². The van der Waals surface area contributed by atoms with Gasteiger partial charge in [0.15, 0.2) is 0 Å². The molecule has 0 heterocycles. The van der Waals surface area contributed by atoms with Gasteiger partial charge in [-0.2, -0.15) is 0 Å². The highest BCUT2D eigenvalue weighted by atomic mass is 16.5. The molecule has 0 radical (unpaired) electrons. The molecule has 0 bridgehead atoms. The maximum Gasteiger partial charge on any atom is 0.335 e. The van der Waals surface area contributed by atoms with Gasteiger partial charge < -0.3 is 29.5 Å². The average Bonchev–Trinajstić information content (AvgIpc) is 2.83. The molecule has 200 valence electrons. The molecule has 9 heteroatoms. The molecule has 2 atom stereocenters. The summed E-state index contributed by atoms with van der Waals surface area (Å²) < 4.78 is 15.3. The van der Waals surface area contributed by atoms with E-state index >= 15 is 0 Å². The van der Waals surface area contributed by atoms with Crippen LogP contribution in [-0.2, 0) is 28.6 Å². The maximum atomic E-state index is 12.9. The molecule has 2 unspecified atom stereocenters. The van der Waals surface area contributed by atoms with E-state index in [9.17, 15) is 29.7 Å². The first kappa shape index (κ1) is 30.5. The van der Waals surface area contributed by atoms with E-state index in [4.69, 9.17) is 14.2 Å². The lowest BCUT2D eigenvalue weighted by molar-refractivity contribution is -0.167. The normalized spacial score (nSPS) is 20.9. The molecule has 0 fully saturated rings. The smallest absolute Gasteiger partial charge is 0.335 e. The monoisotopic (exact) mass is 506 g/mol. The number of carboxylic acids is 3. The fourth-order valence-corrected chi connectivity index (χ4v) is 4.62. The molecule has 0 saturated heterocycles. The first-order valence-electron chi connectivity index (χ1n) is 12.0. The van der Waals surface area contributed by atoms with Crippen LogP contribution in [0.25, 0.3) is 0 Å². The second-order valence-electron chi connectivity index (χ2n) is 8.57. The average molecular weight is 507 g/mol. The number of aliphatic carboxylic acids is 3. The van der Waals surface area contributed by atoms with Crippen molar-refractivity contribution in [3.63, 3.8) is 0 Å². The van der Waals surface area contributed by atoms with Crippen molar-refractivity contribution in [2.75, 3.05) is 19.8 Å². The van der Waals surface area contributed by atoms with E-state index < -0.39 is 28.7 Å². The molecule has 0 aromatic heterocycles. The highest BCUT2D eigenvalue weighted by Gasteiger charge is 2.60. The Hall–Kier alpha value is -3.49. The number of ether oxygens (including phenoxy) is 3. The van der Waals surface area contributed by atoms with Crippen LogP contribution in [0.1, 0.15) is 57.8 Å². The first-order chi connectivity index (χ1) is 17.2. The van der Waals surface area contributed by atoms with Gasteiger partial charge in [-0.05, 0) is 63.4 Å². The molecule has 0 amide bonds. The lowest BCUT2D eigenvalue weighted by Crippen LogP contribution is -2.52. The largest absolute Gasteiger partial charge is 0.502 e. The van der Waals surface area contributed by atoms with Gasteiger partial charge in [-0.3, -0.25) is 9.59 Å². The van der Waals surface area contributed by atoms with Gasteiger partial charge in [0.2, 0.25) is 0 Å². The zero-order valence-corrected chi connectivity index (χ0v) is 20.8. The molecule has 0 aromatic carbocycles. The molecular formula is C27H38O9. The number of rotatable bonds is 21. The topological polar surface area (TPSA) is 140 Å². The second-order valence-corrected chi connectivity index (χ2v) is 8.57. The quantitative estimate of drug-likeness (QED) is 0.144. The SMILES string of the molecule is C=COCCCCC1=CC(CCCCOC=C)(C(=O)O)C(CCCCOC=C)(C(=O)O)C=C1C(=O)O. The van der Waals surface area contributed by atoms with Crippen LogP contribution in [0.2, 0.25) is 0 Å². The molecular weight excluding hydrogens is 468 g/mol. The standard InChI is InChI=1S/C27H38O9/c1-4-34-16-10-7-13-21-19-26(24(30)31,14-8-11-17-35-5-2)27(25(32)33,20-22(21)23(28)29)15-9-12-18-36-6-3/h4-6,19-20H,1-3,7-18H2,(H,28,29)(H,30,31)(H,32,33). The molecule has 1 aliphatic rings. The summed E-state index contributed by atoms with van der Waals surface area (Å²) in [6, 6.07) is 0. The number of carbonyl (C=O) groups is 3. The molecule has 0 spiro atoms. The number of hydrogen-bond donors (Lipinski definition) is 3. The second kappa shape index (κ2) is 15.5. The number of carboxylic acid groups (broad SMARTS) is 3. The zero-order valence-electron chi connectivity index (χ0n) is 20.8. The predicted molar refractivity (Wildman–Crippen MR) is 134 cm³/mol. The third kappa shape index (κ3) is 7.76. The molecule has 1 rings (SSSR count). The van der Waals surface area contributed by atoms with Crippen LogP contribution >= 0.6 is 0 Å². The van der Waals surface area contributed by atoms with Crippen LogP contribution in [0, 0.1) is 10.8 Å². The van der Waals surface area contributed by atoms with Crippen molar-refractivity contribution in [1.82, 2.24) is 0 Å². The van der Waals surface area contributed by atoms with Gasteiger partial charge in [-0.1, -0.05) is 31.9 Å². The van der Waals surface area contributed by atoms with Crippen LogP contribution in [0.15, 0.2) is 61.8 Å². The molecule has 36 heavy (non-hydrogen) atoms. The van der Waals surface area contributed by atoms with Gasteiger partial charge in [0.1, 0.15) is 10.8 Å². The summed E-state index contributed by atoms with van der Waals surface area (Å²) in [6.07, 6.45) is 9.40. The van der Waals surface area contributed by atoms with Crippen molar-refractivity contribution in [1.29, 1.82) is 0 Å². The van der Waals surface area contributed by atoms with Crippen molar-refractivity contribution in [3.8, 4) is 0 Å². The molecule has 3 N–H and O–H groups in total. The lowest BCUT2D eigenvalue weighted by Gasteiger charge is -2.45. The summed E-state index contributed by atoms with van der Waals surface area (Å²) in [4.78, 5) is 37.9. The minimum Gasteiger partial charge on any atom is -0.502 e. The molecule has 0 aliphatic heterocycles. The third-order valence-electron chi connectivity index (χ3n) is 6.43. The van der Waals surface area contributed by atoms with Crippen LogP contribution in [0.3, 0.4) is 0 Å². The Morgan fingerprint density at radius 3 is 1.50 bits per heavy atom. The zero-order chi connectivity index (χ0) is 27.0. The summed E-state index contributed by atoms with van der Waals surface area (Å²) in [5.74, 6) is -3.96. The summed E-state index contributed by atoms with van der Waals surface area (Å²) in [6.45, 7) is 11.4. The van der Waals surface area contributed by atoms with E-state index in [0.717, 1.165) is 6.08 Å². The van der Waals surface area contributed by atoms with Crippen molar-refractivity contribution < 1.29 is 43.9 Å². The molecule has 0 aromatic rings. The van der Waals surface area contributed by atoms with Crippen LogP contribution in [-0.4, -0.2) is 53.0 Å². The number of unbranched alkanes of at least 4 members (excludes halogenated alkanes) is 3. The Morgan fingerprint density at radius 1 is 0.694 bits per heavy atom. The number of hydrogen-bond acceptors (Lipinski definition) is 6. The first-order valence-corrected chi connectivity index (χ1v) is 12.0. The van der Waals surface area contributed by atoms with Gasteiger partial charge >= 0.3 is 17.9 Å². The van der Waals surface area contributed by atoms with Gasteiger partial charge in [0.25, 0.3) is 0 Å². The highest BCUT2D eigenvalue weighted by molar-refractivity contribution is 5.98. The maximum absolute atomic E-state index is 12.9. The summed E-state index contributed by atoms with van der Waals surface area (Å²) in [5.41, 5.74) is -3.64. The van der Waals surface area contributed by atoms with Crippen LogP contribution in [0.4, 0.5) is 0 Å². The van der Waals surface area contributed by atoms with E-state index in [-0.39, 0.29) is 24.8 Å². The lowest BCUT2D eigenvalue weighted by atomic mass is 9.55. The van der Waals surface area contributed by atoms with E-state index in [1.54, 1.807) is 0 Å². The Balaban J connectivity index is 3.49. The van der Waals surface area contributed by atoms with Crippen molar-refractivity contribution in [2.24, 2.45) is 10.8 Å². The molecule has 9 nitrogen and oxygen atoms in total. The predicted octanol–water partition coefficient (Wildman–Crippen LogP) is 5.07. The summed E-state index contributed by atoms with van der Waals surface area (Å²) in [5, 5.41) is 30.9. The Kier molecular flexibility index (Phi) is 13.1. The molecule has 0 saturated carbocycles. The summed E-state index contributed by atoms with van der Waals surface area (Å²) in [7, 11) is 0. The van der Waals surface area contributed by atoms with Gasteiger partial charge in [-0.25, -0.2) is 4.79 Å². The fourth-order valence-electron chi connectivity index (χ4n) is 4.62. The van der Waals surface area contributed by atoms with Crippen molar-refractivity contribution in [3.05, 3.63) is 61.8 Å². The summed E-state index contributed by atoms with van der Waals surface area (Å²) >= 11 is 0. The fraction of sp³-hybridized carbons (Fsp3) is 0.519. The van der Waals surface area contributed by atoms with E-state index in [1.165, 1.54) is 24.9 Å².